The van der Waals surface area contributed by atoms with E-state index in [-0.39, 0.29) is 6.04 Å². The lowest BCUT2D eigenvalue weighted by Gasteiger charge is -2.27. The number of methoxy groups -OCH3 is 1. The summed E-state index contributed by atoms with van der Waals surface area (Å²) < 4.78 is 7.15. The number of aryl methyl sites for hydroxylation is 2. The molecule has 0 saturated carbocycles. The van der Waals surface area contributed by atoms with Gasteiger partial charge in [-0.05, 0) is 27.2 Å². The van der Waals surface area contributed by atoms with Gasteiger partial charge in [0.25, 0.3) is 0 Å². The van der Waals surface area contributed by atoms with Crippen LogP contribution in [0.1, 0.15) is 25.1 Å². The van der Waals surface area contributed by atoms with Gasteiger partial charge in [0.05, 0.1) is 18.3 Å². The molecular weight excluding hydrogens is 228 g/mol. The van der Waals surface area contributed by atoms with E-state index < -0.39 is 0 Å². The highest BCUT2D eigenvalue weighted by atomic mass is 16.5. The Balaban J connectivity index is 3.06. The van der Waals surface area contributed by atoms with E-state index in [9.17, 15) is 0 Å². The van der Waals surface area contributed by atoms with Gasteiger partial charge in [0, 0.05) is 32.8 Å². The zero-order chi connectivity index (χ0) is 13.9. The van der Waals surface area contributed by atoms with Crippen LogP contribution in [-0.2, 0) is 18.2 Å². The number of nitrogens with zero attached hydrogens (tertiary/aromatic N) is 3. The molecule has 1 aromatic heterocycles. The molecule has 0 spiro atoms. The Labute approximate surface area is 110 Å². The predicted molar refractivity (Wildman–Crippen MR) is 75.0 cm³/mol. The topological polar surface area (TPSA) is 56.3 Å². The van der Waals surface area contributed by atoms with Crippen molar-refractivity contribution in [3.63, 3.8) is 0 Å². The first-order valence-corrected chi connectivity index (χ1v) is 6.38. The molecule has 2 unspecified atom stereocenters. The molecule has 2 N–H and O–H groups in total. The summed E-state index contributed by atoms with van der Waals surface area (Å²) in [5, 5.41) is 4.51. The SMILES string of the molecule is COCC(C)N(C)c1c(CC(C)N)c(C)nn1C. The highest BCUT2D eigenvalue weighted by Crippen LogP contribution is 2.25. The third-order valence-corrected chi connectivity index (χ3v) is 3.24. The molecule has 0 aromatic carbocycles. The van der Waals surface area contributed by atoms with Crippen molar-refractivity contribution in [1.82, 2.24) is 9.78 Å². The van der Waals surface area contributed by atoms with Crippen LogP contribution in [0.2, 0.25) is 0 Å². The van der Waals surface area contributed by atoms with Crippen molar-refractivity contribution >= 4 is 5.82 Å². The van der Waals surface area contributed by atoms with Gasteiger partial charge in [-0.15, -0.1) is 0 Å². The van der Waals surface area contributed by atoms with Gasteiger partial charge in [0.2, 0.25) is 0 Å². The molecule has 0 fully saturated rings. The normalized spacial score (nSPS) is 14.6. The Morgan fingerprint density at radius 3 is 2.56 bits per heavy atom. The lowest BCUT2D eigenvalue weighted by Crippen LogP contribution is -2.35. The average molecular weight is 254 g/mol. The lowest BCUT2D eigenvalue weighted by molar-refractivity contribution is 0.183. The zero-order valence-corrected chi connectivity index (χ0v) is 12.4. The fourth-order valence-electron chi connectivity index (χ4n) is 2.25. The maximum absolute atomic E-state index is 5.93. The van der Waals surface area contributed by atoms with E-state index in [1.165, 1.54) is 5.56 Å². The lowest BCUT2D eigenvalue weighted by atomic mass is 10.1. The zero-order valence-electron chi connectivity index (χ0n) is 12.4. The Morgan fingerprint density at radius 2 is 2.06 bits per heavy atom. The minimum atomic E-state index is 0.137. The first kappa shape index (κ1) is 15.0. The molecule has 0 aliphatic carbocycles. The monoisotopic (exact) mass is 254 g/mol. The maximum atomic E-state index is 5.93. The Kier molecular flexibility index (Phi) is 5.16. The molecule has 104 valence electrons. The van der Waals surface area contributed by atoms with Gasteiger partial charge in [0.1, 0.15) is 5.82 Å². The number of hydrogen-bond donors (Lipinski definition) is 1. The summed E-state index contributed by atoms with van der Waals surface area (Å²) in [6.45, 7) is 6.89. The molecule has 5 heteroatoms. The smallest absolute Gasteiger partial charge is 0.130 e. The average Bonchev–Trinajstić information content (AvgIpc) is 2.52. The minimum Gasteiger partial charge on any atom is -0.383 e. The molecule has 0 aliphatic heterocycles. The van der Waals surface area contributed by atoms with Gasteiger partial charge in [0.15, 0.2) is 0 Å². The fourth-order valence-corrected chi connectivity index (χ4v) is 2.25. The van der Waals surface area contributed by atoms with Crippen LogP contribution in [-0.4, -0.2) is 42.6 Å². The van der Waals surface area contributed by atoms with E-state index in [0.717, 1.165) is 17.9 Å². The molecule has 0 radical (unpaired) electrons. The van der Waals surface area contributed by atoms with Gasteiger partial charge < -0.3 is 15.4 Å². The number of nitrogens with two attached hydrogens (primary N) is 1. The van der Waals surface area contributed by atoms with Crippen LogP contribution >= 0.6 is 0 Å². The highest BCUT2D eigenvalue weighted by molar-refractivity contribution is 5.50. The van der Waals surface area contributed by atoms with Crippen LogP contribution in [0.25, 0.3) is 0 Å². The van der Waals surface area contributed by atoms with Gasteiger partial charge in [-0.2, -0.15) is 5.10 Å². The van der Waals surface area contributed by atoms with Crippen LogP contribution < -0.4 is 10.6 Å². The molecule has 5 nitrogen and oxygen atoms in total. The third-order valence-electron chi connectivity index (χ3n) is 3.24. The summed E-state index contributed by atoms with van der Waals surface area (Å²) >= 11 is 0. The molecular formula is C13H26N4O. The quantitative estimate of drug-likeness (QED) is 0.825. The number of aromatic nitrogens is 2. The number of anilines is 1. The van der Waals surface area contributed by atoms with E-state index in [0.29, 0.717) is 12.6 Å². The van der Waals surface area contributed by atoms with Crippen molar-refractivity contribution in [3.05, 3.63) is 11.3 Å². The van der Waals surface area contributed by atoms with Crippen LogP contribution in [0.15, 0.2) is 0 Å². The van der Waals surface area contributed by atoms with E-state index in [1.807, 2.05) is 25.6 Å². The fraction of sp³-hybridized carbons (Fsp3) is 0.769. The number of ether oxygens (including phenoxy) is 1. The summed E-state index contributed by atoms with van der Waals surface area (Å²) in [5.41, 5.74) is 8.22. The van der Waals surface area contributed by atoms with Gasteiger partial charge in [-0.25, -0.2) is 0 Å². The Hall–Kier alpha value is -1.07. The molecule has 0 aliphatic rings. The van der Waals surface area contributed by atoms with E-state index in [2.05, 4.69) is 24.0 Å². The molecule has 1 heterocycles. The Bertz CT molecular complexity index is 387. The van der Waals surface area contributed by atoms with Crippen LogP contribution in [0, 0.1) is 6.92 Å². The van der Waals surface area contributed by atoms with Crippen LogP contribution in [0.3, 0.4) is 0 Å². The summed E-state index contributed by atoms with van der Waals surface area (Å²) in [4.78, 5) is 2.21. The molecule has 2 atom stereocenters. The first-order chi connectivity index (χ1) is 8.38. The minimum absolute atomic E-state index is 0.137. The molecule has 1 aromatic rings. The summed E-state index contributed by atoms with van der Waals surface area (Å²) in [5.74, 6) is 1.13. The van der Waals surface area contributed by atoms with E-state index >= 15 is 0 Å². The van der Waals surface area contributed by atoms with Crippen LogP contribution in [0.4, 0.5) is 5.82 Å². The van der Waals surface area contributed by atoms with Crippen LogP contribution in [0.5, 0.6) is 0 Å². The van der Waals surface area contributed by atoms with Gasteiger partial charge in [-0.1, -0.05) is 0 Å². The van der Waals surface area contributed by atoms with Crippen molar-refractivity contribution in [1.29, 1.82) is 0 Å². The third kappa shape index (κ3) is 3.23. The summed E-state index contributed by atoms with van der Waals surface area (Å²) in [7, 11) is 5.77. The van der Waals surface area contributed by atoms with E-state index in [4.69, 9.17) is 10.5 Å². The van der Waals surface area contributed by atoms with Crippen molar-refractivity contribution in [2.75, 3.05) is 25.7 Å². The molecule has 1 rings (SSSR count). The molecule has 0 saturated heterocycles. The first-order valence-electron chi connectivity index (χ1n) is 6.38. The predicted octanol–water partition coefficient (Wildman–Crippen LogP) is 1.09. The standard InChI is InChI=1S/C13H26N4O/c1-9(14)7-12-11(3)15-17(5)13(12)16(4)10(2)8-18-6/h9-10H,7-8,14H2,1-6H3. The maximum Gasteiger partial charge on any atom is 0.130 e. The molecule has 0 bridgehead atoms. The van der Waals surface area contributed by atoms with E-state index in [1.54, 1.807) is 7.11 Å². The van der Waals surface area contributed by atoms with Gasteiger partial charge >= 0.3 is 0 Å². The van der Waals surface area contributed by atoms with Crippen molar-refractivity contribution in [2.45, 2.75) is 39.3 Å². The number of rotatable bonds is 6. The second-order valence-corrected chi connectivity index (χ2v) is 5.11. The van der Waals surface area contributed by atoms with Gasteiger partial charge in [-0.3, -0.25) is 4.68 Å². The van der Waals surface area contributed by atoms with Crippen molar-refractivity contribution in [2.24, 2.45) is 12.8 Å². The summed E-state index contributed by atoms with van der Waals surface area (Å²) in [6.07, 6.45) is 0.846. The largest absolute Gasteiger partial charge is 0.383 e. The van der Waals surface area contributed by atoms with Crippen molar-refractivity contribution in [3.8, 4) is 0 Å². The second kappa shape index (κ2) is 6.20. The second-order valence-electron chi connectivity index (χ2n) is 5.11. The Morgan fingerprint density at radius 1 is 1.44 bits per heavy atom. The molecule has 0 amide bonds. The number of likely N-dealkylation sites (N-methyl/N-ethyl adjacent to an activating group) is 1. The molecule has 18 heavy (non-hydrogen) atoms. The highest BCUT2D eigenvalue weighted by Gasteiger charge is 2.20. The number of hydrogen-bond acceptors (Lipinski definition) is 4. The summed E-state index contributed by atoms with van der Waals surface area (Å²) in [6, 6.07) is 0.439. The van der Waals surface area contributed by atoms with Crippen molar-refractivity contribution < 1.29 is 4.74 Å².